The maximum Gasteiger partial charge on any atom is 0.305 e. The highest BCUT2D eigenvalue weighted by Gasteiger charge is 2.38. The van der Waals surface area contributed by atoms with Crippen LogP contribution in [0.2, 0.25) is 0 Å². The lowest BCUT2D eigenvalue weighted by Gasteiger charge is -2.27. The van der Waals surface area contributed by atoms with Gasteiger partial charge in [0.05, 0.1) is 18.6 Å². The van der Waals surface area contributed by atoms with Crippen molar-refractivity contribution in [1.82, 2.24) is 5.32 Å². The molecule has 0 saturated carbocycles. The van der Waals surface area contributed by atoms with Crippen molar-refractivity contribution < 1.29 is 19.4 Å². The van der Waals surface area contributed by atoms with Crippen molar-refractivity contribution in [3.05, 3.63) is 35.4 Å². The molecule has 5 nitrogen and oxygen atoms in total. The Morgan fingerprint density at radius 3 is 2.50 bits per heavy atom. The fraction of sp³-hybridized carbons (Fsp3) is 0.529. The van der Waals surface area contributed by atoms with Gasteiger partial charge in [-0.15, -0.1) is 0 Å². The highest BCUT2D eigenvalue weighted by molar-refractivity contribution is 5.78. The van der Waals surface area contributed by atoms with Gasteiger partial charge < -0.3 is 15.2 Å². The zero-order valence-corrected chi connectivity index (χ0v) is 12.9. The smallest absolute Gasteiger partial charge is 0.305 e. The van der Waals surface area contributed by atoms with Gasteiger partial charge in [-0.2, -0.15) is 0 Å². The van der Waals surface area contributed by atoms with Crippen LogP contribution in [0.4, 0.5) is 0 Å². The minimum Gasteiger partial charge on any atom is -0.481 e. The lowest BCUT2D eigenvalue weighted by atomic mass is 9.94. The van der Waals surface area contributed by atoms with Crippen molar-refractivity contribution in [3.8, 4) is 0 Å². The standard InChI is InChI=1S/C17H23NO4/c1-2-13-3-5-14(6-4-13)7-8-15(19)18-17(11-16(20)21)9-10-22-12-17/h3-6H,2,7-12H2,1H3,(H,18,19)(H,20,21). The van der Waals surface area contributed by atoms with E-state index in [2.05, 4.69) is 24.4 Å². The first-order valence-corrected chi connectivity index (χ1v) is 7.71. The molecule has 1 fully saturated rings. The molecule has 1 saturated heterocycles. The van der Waals surface area contributed by atoms with Crippen LogP contribution in [0, 0.1) is 0 Å². The first-order valence-electron chi connectivity index (χ1n) is 7.71. The summed E-state index contributed by atoms with van der Waals surface area (Å²) in [6.45, 7) is 2.87. The average Bonchev–Trinajstić information content (AvgIpc) is 2.92. The Balaban J connectivity index is 1.86. The molecule has 120 valence electrons. The Kier molecular flexibility index (Phi) is 5.55. The monoisotopic (exact) mass is 305 g/mol. The largest absolute Gasteiger partial charge is 0.481 e. The molecule has 0 bridgehead atoms. The van der Waals surface area contributed by atoms with E-state index in [1.54, 1.807) is 0 Å². The third-order valence-electron chi connectivity index (χ3n) is 4.07. The zero-order chi connectivity index (χ0) is 16.0. The second-order valence-electron chi connectivity index (χ2n) is 5.87. The van der Waals surface area contributed by atoms with E-state index >= 15 is 0 Å². The number of carboxylic acid groups (broad SMARTS) is 1. The number of carbonyl (C=O) groups is 2. The summed E-state index contributed by atoms with van der Waals surface area (Å²) in [6, 6.07) is 8.23. The van der Waals surface area contributed by atoms with E-state index in [1.807, 2.05) is 12.1 Å². The van der Waals surface area contributed by atoms with E-state index < -0.39 is 11.5 Å². The molecule has 1 aromatic rings. The van der Waals surface area contributed by atoms with Gasteiger partial charge in [-0.1, -0.05) is 31.2 Å². The van der Waals surface area contributed by atoms with Gasteiger partial charge in [0.15, 0.2) is 0 Å². The molecular formula is C17H23NO4. The van der Waals surface area contributed by atoms with Crippen molar-refractivity contribution >= 4 is 11.9 Å². The second kappa shape index (κ2) is 7.40. The maximum atomic E-state index is 12.1. The Hall–Kier alpha value is -1.88. The number of amides is 1. The van der Waals surface area contributed by atoms with Gasteiger partial charge in [-0.25, -0.2) is 0 Å². The Morgan fingerprint density at radius 1 is 1.27 bits per heavy atom. The van der Waals surface area contributed by atoms with Gasteiger partial charge in [-0.05, 0) is 30.4 Å². The number of hydrogen-bond donors (Lipinski definition) is 2. The van der Waals surface area contributed by atoms with E-state index in [1.165, 1.54) is 5.56 Å². The van der Waals surface area contributed by atoms with Crippen molar-refractivity contribution in [3.63, 3.8) is 0 Å². The number of aliphatic carboxylic acids is 1. The van der Waals surface area contributed by atoms with Crippen LogP contribution in [0.1, 0.15) is 37.3 Å². The van der Waals surface area contributed by atoms with Gasteiger partial charge >= 0.3 is 5.97 Å². The lowest BCUT2D eigenvalue weighted by molar-refractivity contribution is -0.139. The third kappa shape index (κ3) is 4.56. The number of carboxylic acids is 1. The van der Waals surface area contributed by atoms with Crippen LogP contribution in [0.3, 0.4) is 0 Å². The summed E-state index contributed by atoms with van der Waals surface area (Å²) in [7, 11) is 0. The van der Waals surface area contributed by atoms with E-state index in [0.717, 1.165) is 12.0 Å². The third-order valence-corrected chi connectivity index (χ3v) is 4.07. The van der Waals surface area contributed by atoms with Crippen LogP contribution in [-0.2, 0) is 27.2 Å². The SMILES string of the molecule is CCc1ccc(CCC(=O)NC2(CC(=O)O)CCOC2)cc1. The fourth-order valence-corrected chi connectivity index (χ4v) is 2.74. The molecule has 1 aliphatic heterocycles. The Morgan fingerprint density at radius 2 is 1.95 bits per heavy atom. The number of rotatable bonds is 7. The summed E-state index contributed by atoms with van der Waals surface area (Å²) in [5.41, 5.74) is 1.65. The van der Waals surface area contributed by atoms with Crippen molar-refractivity contribution in [2.75, 3.05) is 13.2 Å². The topological polar surface area (TPSA) is 75.6 Å². The number of carbonyl (C=O) groups excluding carboxylic acids is 1. The molecule has 1 aromatic carbocycles. The van der Waals surface area contributed by atoms with Crippen molar-refractivity contribution in [1.29, 1.82) is 0 Å². The van der Waals surface area contributed by atoms with Gasteiger partial charge in [0, 0.05) is 13.0 Å². The first-order chi connectivity index (χ1) is 10.5. The molecule has 0 radical (unpaired) electrons. The molecule has 0 aliphatic carbocycles. The van der Waals surface area contributed by atoms with E-state index in [-0.39, 0.29) is 18.9 Å². The van der Waals surface area contributed by atoms with Gasteiger partial charge in [-0.3, -0.25) is 9.59 Å². The predicted molar refractivity (Wildman–Crippen MR) is 82.7 cm³/mol. The molecule has 22 heavy (non-hydrogen) atoms. The van der Waals surface area contributed by atoms with E-state index in [0.29, 0.717) is 25.9 Å². The molecule has 1 unspecified atom stereocenters. The fourth-order valence-electron chi connectivity index (χ4n) is 2.74. The minimum absolute atomic E-state index is 0.0933. The number of aryl methyl sites for hydroxylation is 2. The number of nitrogens with one attached hydrogen (secondary N) is 1. The van der Waals surface area contributed by atoms with Gasteiger partial charge in [0.1, 0.15) is 0 Å². The molecular weight excluding hydrogens is 282 g/mol. The molecule has 1 heterocycles. The van der Waals surface area contributed by atoms with Crippen LogP contribution in [-0.4, -0.2) is 35.7 Å². The highest BCUT2D eigenvalue weighted by atomic mass is 16.5. The number of benzene rings is 1. The van der Waals surface area contributed by atoms with Crippen LogP contribution in [0.25, 0.3) is 0 Å². The number of ether oxygens (including phenoxy) is 1. The summed E-state index contributed by atoms with van der Waals surface area (Å²) in [5.74, 6) is -1.03. The van der Waals surface area contributed by atoms with Crippen molar-refractivity contribution in [2.24, 2.45) is 0 Å². The van der Waals surface area contributed by atoms with Gasteiger partial charge in [0.25, 0.3) is 0 Å². The molecule has 2 rings (SSSR count). The summed E-state index contributed by atoms with van der Waals surface area (Å²) in [6.07, 6.45) is 2.46. The Labute approximate surface area is 130 Å². The molecule has 0 spiro atoms. The van der Waals surface area contributed by atoms with E-state index in [9.17, 15) is 9.59 Å². The molecule has 1 aliphatic rings. The first kappa shape index (κ1) is 16.5. The van der Waals surface area contributed by atoms with Crippen LogP contribution in [0.15, 0.2) is 24.3 Å². The minimum atomic E-state index is -0.916. The van der Waals surface area contributed by atoms with E-state index in [4.69, 9.17) is 9.84 Å². The normalized spacial score (nSPS) is 20.8. The van der Waals surface area contributed by atoms with Crippen LogP contribution < -0.4 is 5.32 Å². The molecule has 5 heteroatoms. The molecule has 1 atom stereocenters. The quantitative estimate of drug-likeness (QED) is 0.807. The predicted octanol–water partition coefficient (Wildman–Crippen LogP) is 1.93. The average molecular weight is 305 g/mol. The summed E-state index contributed by atoms with van der Waals surface area (Å²) in [5, 5.41) is 11.9. The zero-order valence-electron chi connectivity index (χ0n) is 12.9. The maximum absolute atomic E-state index is 12.1. The summed E-state index contributed by atoms with van der Waals surface area (Å²) in [4.78, 5) is 23.1. The van der Waals surface area contributed by atoms with Crippen LogP contribution >= 0.6 is 0 Å². The van der Waals surface area contributed by atoms with Crippen molar-refractivity contribution in [2.45, 2.75) is 44.6 Å². The highest BCUT2D eigenvalue weighted by Crippen LogP contribution is 2.23. The molecule has 0 aromatic heterocycles. The summed E-state index contributed by atoms with van der Waals surface area (Å²) < 4.78 is 5.27. The second-order valence-corrected chi connectivity index (χ2v) is 5.87. The number of hydrogen-bond acceptors (Lipinski definition) is 3. The summed E-state index contributed by atoms with van der Waals surface area (Å²) >= 11 is 0. The lowest BCUT2D eigenvalue weighted by Crippen LogP contribution is -2.50. The van der Waals surface area contributed by atoms with Gasteiger partial charge in [0.2, 0.25) is 5.91 Å². The molecule has 2 N–H and O–H groups in total. The molecule has 1 amide bonds. The van der Waals surface area contributed by atoms with Crippen LogP contribution in [0.5, 0.6) is 0 Å². The Bertz CT molecular complexity index is 518.